The second-order valence-electron chi connectivity index (χ2n) is 8.25. The maximum atomic E-state index is 15.0. The molecule has 0 aliphatic carbocycles. The Bertz CT molecular complexity index is 1180. The van der Waals surface area contributed by atoms with Crippen molar-refractivity contribution in [2.75, 3.05) is 13.2 Å². The smallest absolute Gasteiger partial charge is 0.201 e. The molecule has 178 valence electrons. The van der Waals surface area contributed by atoms with Crippen molar-refractivity contribution >= 4 is 0 Å². The Kier molecular flexibility index (Phi) is 7.37. The van der Waals surface area contributed by atoms with E-state index >= 15 is 4.39 Å². The number of rotatable bonds is 6. The minimum atomic E-state index is -1.06. The monoisotopic (exact) mass is 470 g/mol. The summed E-state index contributed by atoms with van der Waals surface area (Å²) in [6.45, 7) is 4.16. The Morgan fingerprint density at radius 2 is 1.44 bits per heavy atom. The number of benzene rings is 3. The lowest BCUT2D eigenvalue weighted by molar-refractivity contribution is 0.0317. The van der Waals surface area contributed by atoms with Crippen molar-refractivity contribution in [2.45, 2.75) is 38.7 Å². The Morgan fingerprint density at radius 3 is 2.00 bits per heavy atom. The van der Waals surface area contributed by atoms with Gasteiger partial charge in [-0.2, -0.15) is 4.39 Å². The molecule has 1 fully saturated rings. The van der Waals surface area contributed by atoms with Gasteiger partial charge in [0.2, 0.25) is 5.82 Å². The largest absolute Gasteiger partial charge is 0.491 e. The highest BCUT2D eigenvalue weighted by Crippen LogP contribution is 2.36. The van der Waals surface area contributed by atoms with Gasteiger partial charge in [0.1, 0.15) is 0 Å². The van der Waals surface area contributed by atoms with Gasteiger partial charge >= 0.3 is 0 Å². The van der Waals surface area contributed by atoms with Crippen LogP contribution in [0.5, 0.6) is 5.75 Å². The first kappa shape index (κ1) is 24.0. The minimum absolute atomic E-state index is 0.0145. The first-order chi connectivity index (χ1) is 16.4. The molecule has 0 bridgehead atoms. The summed E-state index contributed by atoms with van der Waals surface area (Å²) < 4.78 is 69.5. The minimum Gasteiger partial charge on any atom is -0.491 e. The van der Waals surface area contributed by atoms with Crippen LogP contribution in [0.15, 0.2) is 60.7 Å². The van der Waals surface area contributed by atoms with Crippen LogP contribution in [0.4, 0.5) is 17.6 Å². The average Bonchev–Trinajstić information content (AvgIpc) is 2.85. The van der Waals surface area contributed by atoms with Crippen LogP contribution < -0.4 is 4.74 Å². The fourth-order valence-electron chi connectivity index (χ4n) is 4.34. The van der Waals surface area contributed by atoms with Crippen LogP contribution in [0.25, 0.3) is 22.3 Å². The molecule has 1 aliphatic heterocycles. The van der Waals surface area contributed by atoms with E-state index in [0.29, 0.717) is 29.7 Å². The van der Waals surface area contributed by atoms with Gasteiger partial charge in [0, 0.05) is 17.0 Å². The lowest BCUT2D eigenvalue weighted by atomic mass is 9.89. The van der Waals surface area contributed by atoms with Gasteiger partial charge in [-0.15, -0.1) is 0 Å². The van der Waals surface area contributed by atoms with Crippen molar-refractivity contribution in [3.63, 3.8) is 0 Å². The zero-order valence-electron chi connectivity index (χ0n) is 19.1. The molecule has 0 amide bonds. The summed E-state index contributed by atoms with van der Waals surface area (Å²) in [5.41, 5.74) is 1.32. The van der Waals surface area contributed by atoms with Gasteiger partial charge in [0.05, 0.1) is 19.3 Å². The van der Waals surface area contributed by atoms with E-state index in [0.717, 1.165) is 6.42 Å². The molecular weight excluding hydrogens is 444 g/mol. The predicted octanol–water partition coefficient (Wildman–Crippen LogP) is 7.81. The third-order valence-electron chi connectivity index (χ3n) is 6.12. The second kappa shape index (κ2) is 10.4. The fourth-order valence-corrected chi connectivity index (χ4v) is 4.34. The Balaban J connectivity index is 1.57. The van der Waals surface area contributed by atoms with Crippen molar-refractivity contribution in [1.82, 2.24) is 0 Å². The van der Waals surface area contributed by atoms with Crippen LogP contribution in [0.3, 0.4) is 0 Å². The predicted molar refractivity (Wildman–Crippen MR) is 125 cm³/mol. The molecule has 2 nitrogen and oxygen atoms in total. The molecular formula is C28H26F4O2. The summed E-state index contributed by atoms with van der Waals surface area (Å²) in [5, 5.41) is 0. The van der Waals surface area contributed by atoms with Crippen molar-refractivity contribution in [3.8, 4) is 28.0 Å². The molecule has 2 atom stereocenters. The van der Waals surface area contributed by atoms with Gasteiger partial charge in [-0.25, -0.2) is 13.2 Å². The summed E-state index contributed by atoms with van der Waals surface area (Å²) in [6, 6.07) is 12.2. The molecule has 34 heavy (non-hydrogen) atoms. The molecule has 0 spiro atoms. The van der Waals surface area contributed by atoms with Crippen LogP contribution in [-0.2, 0) is 4.74 Å². The molecule has 0 N–H and O–H groups in total. The van der Waals surface area contributed by atoms with E-state index in [1.807, 2.05) is 19.1 Å². The molecule has 2 unspecified atom stereocenters. The number of hydrogen-bond donors (Lipinski definition) is 0. The lowest BCUT2D eigenvalue weighted by Crippen LogP contribution is -2.24. The van der Waals surface area contributed by atoms with Gasteiger partial charge < -0.3 is 9.47 Å². The topological polar surface area (TPSA) is 18.5 Å². The van der Waals surface area contributed by atoms with Crippen LogP contribution in [0.1, 0.15) is 38.2 Å². The number of halogens is 4. The van der Waals surface area contributed by atoms with Crippen molar-refractivity contribution in [3.05, 3.63) is 89.5 Å². The summed E-state index contributed by atoms with van der Waals surface area (Å²) >= 11 is 0. The van der Waals surface area contributed by atoms with E-state index in [-0.39, 0.29) is 35.5 Å². The van der Waals surface area contributed by atoms with Gasteiger partial charge in [-0.05, 0) is 55.5 Å². The quantitative estimate of drug-likeness (QED) is 0.270. The highest BCUT2D eigenvalue weighted by atomic mass is 19.2. The van der Waals surface area contributed by atoms with Crippen molar-refractivity contribution in [1.29, 1.82) is 0 Å². The Labute approximate surface area is 196 Å². The fraction of sp³-hybridized carbons (Fsp3) is 0.286. The van der Waals surface area contributed by atoms with E-state index in [2.05, 4.69) is 0 Å². The molecule has 0 aromatic heterocycles. The van der Waals surface area contributed by atoms with Crippen LogP contribution in [-0.4, -0.2) is 19.3 Å². The number of allylic oxidation sites excluding steroid dienone is 1. The van der Waals surface area contributed by atoms with E-state index in [9.17, 15) is 13.2 Å². The number of hydrogen-bond acceptors (Lipinski definition) is 2. The first-order valence-electron chi connectivity index (χ1n) is 11.4. The molecule has 1 saturated heterocycles. The molecule has 4 rings (SSSR count). The maximum Gasteiger partial charge on any atom is 0.201 e. The van der Waals surface area contributed by atoms with Crippen LogP contribution in [0, 0.1) is 23.3 Å². The molecule has 1 heterocycles. The molecule has 3 aromatic rings. The van der Waals surface area contributed by atoms with E-state index < -0.39 is 23.3 Å². The average molecular weight is 471 g/mol. The SMILES string of the molecule is CC=CC1CCC(c2ccc(-c3ccc(-c4ccc(OCC)c(F)c4F)cc3)c(F)c2F)CO1. The zero-order valence-corrected chi connectivity index (χ0v) is 19.1. The standard InChI is InChI=1S/C28H26F4O2/c1-3-5-20-11-10-19(16-34-20)23-13-12-21(25(29)26(23)30)17-6-8-18(9-7-17)22-14-15-24(33-4-2)28(32)27(22)31/h3,5-9,12-15,19-20H,4,10-11,16H2,1-2H3. The second-order valence-corrected chi connectivity index (χ2v) is 8.25. The summed E-state index contributed by atoms with van der Waals surface area (Å²) in [6.07, 6.45) is 5.37. The highest BCUT2D eigenvalue weighted by Gasteiger charge is 2.26. The molecule has 1 aliphatic rings. The van der Waals surface area contributed by atoms with Gasteiger partial charge in [-0.3, -0.25) is 0 Å². The first-order valence-corrected chi connectivity index (χ1v) is 11.4. The molecule has 3 aromatic carbocycles. The maximum absolute atomic E-state index is 15.0. The van der Waals surface area contributed by atoms with E-state index in [1.165, 1.54) is 12.1 Å². The number of ether oxygens (including phenoxy) is 2. The highest BCUT2D eigenvalue weighted by molar-refractivity contribution is 5.71. The normalized spacial score (nSPS) is 18.4. The third-order valence-corrected chi connectivity index (χ3v) is 6.12. The van der Waals surface area contributed by atoms with Gasteiger partial charge in [0.15, 0.2) is 23.2 Å². The van der Waals surface area contributed by atoms with Crippen molar-refractivity contribution < 1.29 is 27.0 Å². The Morgan fingerprint density at radius 1 is 0.824 bits per heavy atom. The summed E-state index contributed by atoms with van der Waals surface area (Å²) in [4.78, 5) is 0. The van der Waals surface area contributed by atoms with Crippen LogP contribution in [0.2, 0.25) is 0 Å². The van der Waals surface area contributed by atoms with Gasteiger partial charge in [-0.1, -0.05) is 48.6 Å². The summed E-state index contributed by atoms with van der Waals surface area (Å²) in [5.74, 6) is -4.25. The zero-order chi connectivity index (χ0) is 24.2. The molecule has 0 saturated carbocycles. The third kappa shape index (κ3) is 4.73. The van der Waals surface area contributed by atoms with Gasteiger partial charge in [0.25, 0.3) is 0 Å². The lowest BCUT2D eigenvalue weighted by Gasteiger charge is -2.28. The van der Waals surface area contributed by atoms with E-state index in [4.69, 9.17) is 9.47 Å². The molecule has 0 radical (unpaired) electrons. The van der Waals surface area contributed by atoms with E-state index in [1.54, 1.807) is 43.3 Å². The van der Waals surface area contributed by atoms with Crippen LogP contribution >= 0.6 is 0 Å². The summed E-state index contributed by atoms with van der Waals surface area (Å²) in [7, 11) is 0. The Hall–Kier alpha value is -3.12. The molecule has 6 heteroatoms. The van der Waals surface area contributed by atoms with Crippen molar-refractivity contribution in [2.24, 2.45) is 0 Å².